The molecule has 29 heavy (non-hydrogen) atoms. The molecule has 148 valence electrons. The first-order chi connectivity index (χ1) is 14.2. The van der Waals surface area contributed by atoms with E-state index in [0.717, 1.165) is 36.5 Å². The number of likely N-dealkylation sites (tertiary alicyclic amines) is 1. The van der Waals surface area contributed by atoms with Gasteiger partial charge in [0, 0.05) is 56.1 Å². The molecule has 0 unspecified atom stereocenters. The second-order valence-corrected chi connectivity index (χ2v) is 7.58. The summed E-state index contributed by atoms with van der Waals surface area (Å²) >= 11 is 0. The number of hydrogen-bond acceptors (Lipinski definition) is 4. The lowest BCUT2D eigenvalue weighted by atomic mass is 10.1. The fraction of sp³-hybridized carbons (Fsp3) is 0.292. The molecule has 1 aromatic heterocycles. The van der Waals surface area contributed by atoms with Crippen LogP contribution in [0, 0.1) is 6.92 Å². The predicted octanol–water partition coefficient (Wildman–Crippen LogP) is 3.86. The van der Waals surface area contributed by atoms with E-state index in [4.69, 9.17) is 0 Å². The Balaban J connectivity index is 1.35. The van der Waals surface area contributed by atoms with Gasteiger partial charge in [0.25, 0.3) is 0 Å². The van der Waals surface area contributed by atoms with Crippen molar-refractivity contribution in [2.45, 2.75) is 39.4 Å². The van der Waals surface area contributed by atoms with Crippen molar-refractivity contribution in [3.05, 3.63) is 83.2 Å². The summed E-state index contributed by atoms with van der Waals surface area (Å²) in [6.07, 6.45) is 5.41. The van der Waals surface area contributed by atoms with Gasteiger partial charge in [-0.25, -0.2) is 9.97 Å². The number of benzene rings is 2. The number of carbonyl (C=O) groups excluding carboxylic acids is 1. The Morgan fingerprint density at radius 3 is 2.52 bits per heavy atom. The Morgan fingerprint density at radius 2 is 1.79 bits per heavy atom. The van der Waals surface area contributed by atoms with Gasteiger partial charge in [-0.15, -0.1) is 0 Å². The summed E-state index contributed by atoms with van der Waals surface area (Å²) in [5.74, 6) is 1.01. The molecule has 5 heteroatoms. The number of aromatic nitrogens is 2. The Kier molecular flexibility index (Phi) is 5.96. The van der Waals surface area contributed by atoms with E-state index < -0.39 is 0 Å². The number of hydrogen-bond donors (Lipinski definition) is 1. The minimum Gasteiger partial charge on any atom is -0.338 e. The zero-order valence-electron chi connectivity index (χ0n) is 16.8. The lowest BCUT2D eigenvalue weighted by Crippen LogP contribution is -2.25. The number of amides is 1. The standard InChI is InChI=1S/C24H26N4O/c1-18-6-4-9-20(12-18)24-26-14-19(15-27-24)13-25-16-21-7-2-3-8-22(21)17-28-11-5-10-23(28)29/h2-4,6-9,12,14-15,25H,5,10-11,13,16-17H2,1H3. The molecule has 0 atom stereocenters. The molecule has 2 heterocycles. The second-order valence-electron chi connectivity index (χ2n) is 7.58. The molecule has 0 aliphatic carbocycles. The molecule has 0 spiro atoms. The highest BCUT2D eigenvalue weighted by Crippen LogP contribution is 2.18. The van der Waals surface area contributed by atoms with Gasteiger partial charge in [-0.3, -0.25) is 4.79 Å². The van der Waals surface area contributed by atoms with Crippen molar-refractivity contribution in [3.8, 4) is 11.4 Å². The minimum atomic E-state index is 0.263. The van der Waals surface area contributed by atoms with Crippen molar-refractivity contribution in [1.29, 1.82) is 0 Å². The number of rotatable bonds is 7. The van der Waals surface area contributed by atoms with Crippen LogP contribution in [0.4, 0.5) is 0 Å². The van der Waals surface area contributed by atoms with E-state index in [-0.39, 0.29) is 5.91 Å². The number of nitrogens with zero attached hydrogens (tertiary/aromatic N) is 3. The van der Waals surface area contributed by atoms with Gasteiger partial charge in [-0.2, -0.15) is 0 Å². The fourth-order valence-electron chi connectivity index (χ4n) is 3.68. The highest BCUT2D eigenvalue weighted by molar-refractivity contribution is 5.78. The molecule has 0 bridgehead atoms. The van der Waals surface area contributed by atoms with Crippen LogP contribution < -0.4 is 5.32 Å². The lowest BCUT2D eigenvalue weighted by molar-refractivity contribution is -0.128. The molecule has 1 fully saturated rings. The molecule has 2 aromatic carbocycles. The second kappa shape index (κ2) is 8.97. The van der Waals surface area contributed by atoms with Gasteiger partial charge in [0.05, 0.1) is 0 Å². The topological polar surface area (TPSA) is 58.1 Å². The molecule has 0 radical (unpaired) electrons. The molecule has 1 saturated heterocycles. The maximum absolute atomic E-state index is 11.9. The van der Waals surface area contributed by atoms with E-state index in [2.05, 4.69) is 46.5 Å². The Hall–Kier alpha value is -3.05. The van der Waals surface area contributed by atoms with E-state index in [1.54, 1.807) is 0 Å². The van der Waals surface area contributed by atoms with Crippen molar-refractivity contribution in [2.24, 2.45) is 0 Å². The SMILES string of the molecule is Cc1cccc(-c2ncc(CNCc3ccccc3CN3CCCC3=O)cn2)c1. The molecular formula is C24H26N4O. The summed E-state index contributed by atoms with van der Waals surface area (Å²) in [7, 11) is 0. The number of carbonyl (C=O) groups is 1. The first-order valence-electron chi connectivity index (χ1n) is 10.1. The van der Waals surface area contributed by atoms with Crippen molar-refractivity contribution < 1.29 is 4.79 Å². The van der Waals surface area contributed by atoms with Crippen LogP contribution in [-0.2, 0) is 24.4 Å². The van der Waals surface area contributed by atoms with Crippen molar-refractivity contribution in [3.63, 3.8) is 0 Å². The van der Waals surface area contributed by atoms with Crippen molar-refractivity contribution >= 4 is 5.91 Å². The molecule has 0 saturated carbocycles. The van der Waals surface area contributed by atoms with Gasteiger partial charge < -0.3 is 10.2 Å². The van der Waals surface area contributed by atoms with E-state index in [1.807, 2.05) is 41.6 Å². The molecule has 1 aliphatic rings. The Morgan fingerprint density at radius 1 is 1.00 bits per heavy atom. The molecular weight excluding hydrogens is 360 g/mol. The van der Waals surface area contributed by atoms with Crippen LogP contribution in [0.25, 0.3) is 11.4 Å². The lowest BCUT2D eigenvalue weighted by Gasteiger charge is -2.18. The smallest absolute Gasteiger partial charge is 0.222 e. The predicted molar refractivity (Wildman–Crippen MR) is 114 cm³/mol. The third kappa shape index (κ3) is 4.87. The van der Waals surface area contributed by atoms with Gasteiger partial charge >= 0.3 is 0 Å². The largest absolute Gasteiger partial charge is 0.338 e. The summed E-state index contributed by atoms with van der Waals surface area (Å²) in [4.78, 5) is 22.9. The summed E-state index contributed by atoms with van der Waals surface area (Å²) in [6, 6.07) is 16.5. The Bertz CT molecular complexity index is 984. The highest BCUT2D eigenvalue weighted by Gasteiger charge is 2.20. The molecule has 1 N–H and O–H groups in total. The maximum Gasteiger partial charge on any atom is 0.222 e. The monoisotopic (exact) mass is 386 g/mol. The molecule has 1 amide bonds. The fourth-order valence-corrected chi connectivity index (χ4v) is 3.68. The van der Waals surface area contributed by atoms with E-state index >= 15 is 0 Å². The van der Waals surface area contributed by atoms with Gasteiger partial charge in [0.1, 0.15) is 0 Å². The highest BCUT2D eigenvalue weighted by atomic mass is 16.2. The van der Waals surface area contributed by atoms with Gasteiger partial charge in [0.15, 0.2) is 5.82 Å². The summed E-state index contributed by atoms with van der Waals surface area (Å²) in [5, 5.41) is 3.48. The normalized spacial score (nSPS) is 13.8. The van der Waals surface area contributed by atoms with Crippen LogP contribution in [0.3, 0.4) is 0 Å². The molecule has 5 nitrogen and oxygen atoms in total. The molecule has 1 aliphatic heterocycles. The number of nitrogens with one attached hydrogen (secondary N) is 1. The summed E-state index contributed by atoms with van der Waals surface area (Å²) < 4.78 is 0. The average Bonchev–Trinajstić information content (AvgIpc) is 3.14. The van der Waals surface area contributed by atoms with Gasteiger partial charge in [0.2, 0.25) is 5.91 Å². The van der Waals surface area contributed by atoms with E-state index in [0.29, 0.717) is 19.5 Å². The van der Waals surface area contributed by atoms with Crippen LogP contribution in [0.15, 0.2) is 60.9 Å². The van der Waals surface area contributed by atoms with Gasteiger partial charge in [-0.1, -0.05) is 48.0 Å². The van der Waals surface area contributed by atoms with Crippen LogP contribution in [-0.4, -0.2) is 27.3 Å². The Labute approximate surface area is 171 Å². The average molecular weight is 386 g/mol. The zero-order chi connectivity index (χ0) is 20.1. The van der Waals surface area contributed by atoms with Crippen molar-refractivity contribution in [2.75, 3.05) is 6.54 Å². The van der Waals surface area contributed by atoms with Crippen LogP contribution in [0.2, 0.25) is 0 Å². The van der Waals surface area contributed by atoms with E-state index in [9.17, 15) is 4.79 Å². The minimum absolute atomic E-state index is 0.263. The quantitative estimate of drug-likeness (QED) is 0.670. The van der Waals surface area contributed by atoms with Gasteiger partial charge in [-0.05, 0) is 30.5 Å². The third-order valence-electron chi connectivity index (χ3n) is 5.28. The zero-order valence-corrected chi connectivity index (χ0v) is 16.8. The molecule has 4 rings (SSSR count). The summed E-state index contributed by atoms with van der Waals surface area (Å²) in [5.41, 5.74) is 5.72. The van der Waals surface area contributed by atoms with Crippen LogP contribution in [0.1, 0.15) is 35.1 Å². The van der Waals surface area contributed by atoms with Crippen LogP contribution in [0.5, 0.6) is 0 Å². The van der Waals surface area contributed by atoms with Crippen molar-refractivity contribution in [1.82, 2.24) is 20.2 Å². The summed E-state index contributed by atoms with van der Waals surface area (Å²) in [6.45, 7) is 5.08. The molecule has 3 aromatic rings. The third-order valence-corrected chi connectivity index (χ3v) is 5.28. The first-order valence-corrected chi connectivity index (χ1v) is 10.1. The number of aryl methyl sites for hydroxylation is 1. The first kappa shape index (κ1) is 19.3. The maximum atomic E-state index is 11.9. The van der Waals surface area contributed by atoms with E-state index in [1.165, 1.54) is 16.7 Å². The van der Waals surface area contributed by atoms with Crippen LogP contribution >= 0.6 is 0 Å².